The maximum Gasteiger partial charge on any atom is 0.407 e. The number of nitrogens with zero attached hydrogens (tertiary/aromatic N) is 1. The van der Waals surface area contributed by atoms with Gasteiger partial charge < -0.3 is 19.4 Å². The Hall–Kier alpha value is -2.51. The molecule has 0 unspecified atom stereocenters. The molecule has 0 aliphatic heterocycles. The summed E-state index contributed by atoms with van der Waals surface area (Å²) in [4.78, 5) is 36.7. The van der Waals surface area contributed by atoms with Gasteiger partial charge in [-0.3, -0.25) is 4.79 Å². The van der Waals surface area contributed by atoms with Crippen molar-refractivity contribution >= 4 is 35.3 Å². The number of nitrogens with one attached hydrogen (secondary N) is 1. The molecule has 7 nitrogen and oxygen atoms in total. The highest BCUT2D eigenvalue weighted by atomic mass is 35.5. The van der Waals surface area contributed by atoms with Gasteiger partial charge in [-0.05, 0) is 26.0 Å². The SMILES string of the molecule is CCOC(=O)c1c(-c2ccc(Cl)c(Cl)c2)n(CC)c(CNC(=O)OC)cc1=O. The molecule has 0 bridgehead atoms. The van der Waals surface area contributed by atoms with E-state index in [0.29, 0.717) is 28.5 Å². The van der Waals surface area contributed by atoms with Crippen molar-refractivity contribution in [3.05, 3.63) is 55.8 Å². The highest BCUT2D eigenvalue weighted by Gasteiger charge is 2.23. The average Bonchev–Trinajstić information content (AvgIpc) is 2.67. The van der Waals surface area contributed by atoms with Crippen molar-refractivity contribution in [2.75, 3.05) is 13.7 Å². The lowest BCUT2D eigenvalue weighted by Gasteiger charge is -2.20. The van der Waals surface area contributed by atoms with Gasteiger partial charge in [-0.25, -0.2) is 9.59 Å². The summed E-state index contributed by atoms with van der Waals surface area (Å²) in [5.41, 5.74) is 0.729. The molecular weight excluding hydrogens is 407 g/mol. The monoisotopic (exact) mass is 426 g/mol. The molecule has 9 heteroatoms. The molecule has 1 aromatic carbocycles. The molecule has 28 heavy (non-hydrogen) atoms. The van der Waals surface area contributed by atoms with Gasteiger partial charge in [0.2, 0.25) is 0 Å². The van der Waals surface area contributed by atoms with Crippen molar-refractivity contribution < 1.29 is 19.1 Å². The summed E-state index contributed by atoms with van der Waals surface area (Å²) in [5.74, 6) is -0.733. The van der Waals surface area contributed by atoms with E-state index in [2.05, 4.69) is 10.1 Å². The fraction of sp³-hybridized carbons (Fsp3) is 0.316. The van der Waals surface area contributed by atoms with Gasteiger partial charge in [0, 0.05) is 23.9 Å². The van der Waals surface area contributed by atoms with Crippen LogP contribution >= 0.6 is 23.2 Å². The van der Waals surface area contributed by atoms with Crippen molar-refractivity contribution in [2.45, 2.75) is 26.9 Å². The number of halogens is 2. The van der Waals surface area contributed by atoms with E-state index in [-0.39, 0.29) is 23.7 Å². The number of hydrogen-bond donors (Lipinski definition) is 1. The number of ether oxygens (including phenoxy) is 2. The number of hydrogen-bond acceptors (Lipinski definition) is 5. The van der Waals surface area contributed by atoms with Crippen LogP contribution in [0.15, 0.2) is 29.1 Å². The minimum Gasteiger partial charge on any atom is -0.462 e. The zero-order valence-electron chi connectivity index (χ0n) is 15.7. The number of methoxy groups -OCH3 is 1. The molecule has 1 N–H and O–H groups in total. The number of aromatic nitrogens is 1. The first kappa shape index (κ1) is 21.8. The molecule has 0 radical (unpaired) electrons. The summed E-state index contributed by atoms with van der Waals surface area (Å²) in [7, 11) is 1.24. The van der Waals surface area contributed by atoms with Gasteiger partial charge in [0.15, 0.2) is 5.43 Å². The molecule has 150 valence electrons. The number of esters is 1. The summed E-state index contributed by atoms with van der Waals surface area (Å²) in [6, 6.07) is 6.12. The molecule has 0 spiro atoms. The molecule has 0 saturated heterocycles. The Labute approximate surface area is 172 Å². The standard InChI is InChI=1S/C19H20Cl2N2O5/c1-4-23-12(10-22-19(26)27-3)9-15(24)16(18(25)28-5-2)17(23)11-6-7-13(20)14(21)8-11/h6-9H,4-5,10H2,1-3H3,(H,22,26). The van der Waals surface area contributed by atoms with Crippen LogP contribution in [-0.2, 0) is 22.6 Å². The lowest BCUT2D eigenvalue weighted by atomic mass is 10.0. The van der Waals surface area contributed by atoms with Crippen molar-refractivity contribution in [1.82, 2.24) is 9.88 Å². The Morgan fingerprint density at radius 2 is 1.86 bits per heavy atom. The van der Waals surface area contributed by atoms with Crippen LogP contribution in [0.5, 0.6) is 0 Å². The second-order valence-corrected chi connectivity index (χ2v) is 6.48. The maximum atomic E-state index is 12.8. The summed E-state index contributed by atoms with van der Waals surface area (Å²) in [6.45, 7) is 4.08. The summed E-state index contributed by atoms with van der Waals surface area (Å²) < 4.78 is 11.4. The zero-order valence-corrected chi connectivity index (χ0v) is 17.2. The molecular formula is C19H20Cl2N2O5. The summed E-state index contributed by atoms with van der Waals surface area (Å²) in [5, 5.41) is 3.16. The number of rotatable bonds is 6. The van der Waals surface area contributed by atoms with Gasteiger partial charge >= 0.3 is 12.1 Å². The summed E-state index contributed by atoms with van der Waals surface area (Å²) >= 11 is 12.1. The van der Waals surface area contributed by atoms with Gasteiger partial charge in [-0.2, -0.15) is 0 Å². The Kier molecular flexibility index (Phi) is 7.48. The van der Waals surface area contributed by atoms with E-state index in [1.807, 2.05) is 6.92 Å². The normalized spacial score (nSPS) is 10.5. The van der Waals surface area contributed by atoms with Crippen LogP contribution < -0.4 is 10.7 Å². The van der Waals surface area contributed by atoms with Gasteiger partial charge in [0.25, 0.3) is 0 Å². The van der Waals surface area contributed by atoms with Crippen LogP contribution in [0.4, 0.5) is 4.79 Å². The van der Waals surface area contributed by atoms with Crippen molar-refractivity contribution in [1.29, 1.82) is 0 Å². The maximum absolute atomic E-state index is 12.8. The van der Waals surface area contributed by atoms with E-state index in [4.69, 9.17) is 27.9 Å². The van der Waals surface area contributed by atoms with E-state index in [1.165, 1.54) is 13.2 Å². The number of amides is 1. The molecule has 1 aromatic heterocycles. The van der Waals surface area contributed by atoms with Crippen LogP contribution in [0.25, 0.3) is 11.3 Å². The van der Waals surface area contributed by atoms with Crippen molar-refractivity contribution in [3.63, 3.8) is 0 Å². The minimum atomic E-state index is -0.733. The first-order chi connectivity index (χ1) is 13.3. The highest BCUT2D eigenvalue weighted by molar-refractivity contribution is 6.42. The van der Waals surface area contributed by atoms with Crippen LogP contribution in [-0.4, -0.2) is 30.3 Å². The number of alkyl carbamates (subject to hydrolysis) is 1. The van der Waals surface area contributed by atoms with Crippen LogP contribution in [0.1, 0.15) is 29.9 Å². The molecule has 2 rings (SSSR count). The minimum absolute atomic E-state index is 0.0349. The van der Waals surface area contributed by atoms with Crippen molar-refractivity contribution in [3.8, 4) is 11.3 Å². The van der Waals surface area contributed by atoms with E-state index in [0.717, 1.165) is 0 Å². The smallest absolute Gasteiger partial charge is 0.407 e. The number of carbonyl (C=O) groups is 2. The fourth-order valence-corrected chi connectivity index (χ4v) is 3.08. The Morgan fingerprint density at radius 1 is 1.14 bits per heavy atom. The van der Waals surface area contributed by atoms with Gasteiger partial charge in [-0.1, -0.05) is 29.3 Å². The lowest BCUT2D eigenvalue weighted by Crippen LogP contribution is -2.29. The van der Waals surface area contributed by atoms with E-state index < -0.39 is 17.5 Å². The van der Waals surface area contributed by atoms with Gasteiger partial charge in [0.05, 0.1) is 36.0 Å². The quantitative estimate of drug-likeness (QED) is 0.708. The lowest BCUT2D eigenvalue weighted by molar-refractivity contribution is 0.0524. The molecule has 0 saturated carbocycles. The topological polar surface area (TPSA) is 86.6 Å². The first-order valence-corrected chi connectivity index (χ1v) is 9.30. The van der Waals surface area contributed by atoms with E-state index >= 15 is 0 Å². The van der Waals surface area contributed by atoms with E-state index in [1.54, 1.807) is 29.7 Å². The highest BCUT2D eigenvalue weighted by Crippen LogP contribution is 2.30. The zero-order chi connectivity index (χ0) is 20.8. The average molecular weight is 427 g/mol. The molecule has 1 heterocycles. The molecule has 0 aliphatic carbocycles. The Balaban J connectivity index is 2.76. The fourth-order valence-electron chi connectivity index (χ4n) is 2.78. The van der Waals surface area contributed by atoms with E-state index in [9.17, 15) is 14.4 Å². The second kappa shape index (κ2) is 9.61. The predicted molar refractivity (Wildman–Crippen MR) is 107 cm³/mol. The van der Waals surface area contributed by atoms with Crippen LogP contribution in [0.3, 0.4) is 0 Å². The number of carbonyl (C=O) groups excluding carboxylic acids is 2. The predicted octanol–water partition coefficient (Wildman–Crippen LogP) is 3.87. The third-order valence-electron chi connectivity index (χ3n) is 3.99. The third kappa shape index (κ3) is 4.66. The van der Waals surface area contributed by atoms with Gasteiger partial charge in [0.1, 0.15) is 5.56 Å². The van der Waals surface area contributed by atoms with Crippen molar-refractivity contribution in [2.24, 2.45) is 0 Å². The summed E-state index contributed by atoms with van der Waals surface area (Å²) in [6.07, 6.45) is -0.638. The second-order valence-electron chi connectivity index (χ2n) is 5.66. The van der Waals surface area contributed by atoms with Gasteiger partial charge in [-0.15, -0.1) is 0 Å². The third-order valence-corrected chi connectivity index (χ3v) is 4.72. The first-order valence-electron chi connectivity index (χ1n) is 8.55. The molecule has 0 aliphatic rings. The molecule has 2 aromatic rings. The van der Waals surface area contributed by atoms with Crippen LogP contribution in [0.2, 0.25) is 10.0 Å². The number of benzene rings is 1. The molecule has 0 atom stereocenters. The Morgan fingerprint density at radius 3 is 2.43 bits per heavy atom. The molecule has 0 fully saturated rings. The number of pyridine rings is 1. The van der Waals surface area contributed by atoms with Crippen LogP contribution in [0, 0.1) is 0 Å². The Bertz CT molecular complexity index is 956. The molecule has 1 amide bonds. The largest absolute Gasteiger partial charge is 0.462 e.